The van der Waals surface area contributed by atoms with Gasteiger partial charge in [-0.1, -0.05) is 0 Å². The SMILES string of the molecule is CC1(N2CCCC(F)(F)C2)COC1.Cc1nc2ccc(-c3ccn4nc(N)nc(N)c34)nc2n1C(C)C. The normalized spacial score (nSPS) is 19.1. The van der Waals surface area contributed by atoms with Gasteiger partial charge in [-0.3, -0.25) is 4.90 Å². The van der Waals surface area contributed by atoms with Gasteiger partial charge < -0.3 is 20.8 Å². The molecule has 6 heterocycles. The molecule has 0 amide bonds. The molecule has 0 atom stereocenters. The molecule has 37 heavy (non-hydrogen) atoms. The van der Waals surface area contributed by atoms with Gasteiger partial charge in [-0.2, -0.15) is 4.98 Å². The molecule has 0 aromatic carbocycles. The van der Waals surface area contributed by atoms with E-state index in [0.717, 1.165) is 34.8 Å². The van der Waals surface area contributed by atoms with Crippen molar-refractivity contribution in [2.75, 3.05) is 37.8 Å². The van der Waals surface area contributed by atoms with Gasteiger partial charge in [0, 0.05) is 24.2 Å². The van der Waals surface area contributed by atoms with Crippen molar-refractivity contribution in [1.82, 2.24) is 34.0 Å². The summed E-state index contributed by atoms with van der Waals surface area (Å²) < 4.78 is 34.9. The van der Waals surface area contributed by atoms with E-state index in [1.54, 1.807) is 10.7 Å². The highest BCUT2D eigenvalue weighted by Gasteiger charge is 2.46. The average molecular weight is 514 g/mol. The molecule has 4 N–H and O–H groups in total. The Balaban J connectivity index is 0.000000182. The molecule has 0 bridgehead atoms. The Kier molecular flexibility index (Phi) is 6.27. The summed E-state index contributed by atoms with van der Waals surface area (Å²) in [6, 6.07) is 6.10. The van der Waals surface area contributed by atoms with Crippen molar-refractivity contribution in [1.29, 1.82) is 0 Å². The van der Waals surface area contributed by atoms with Crippen LogP contribution in [0.2, 0.25) is 0 Å². The van der Waals surface area contributed by atoms with Crippen LogP contribution in [0.3, 0.4) is 0 Å². The third-order valence-electron chi connectivity index (χ3n) is 7.04. The average Bonchev–Trinajstić information content (AvgIpc) is 3.37. The molecule has 2 aliphatic heterocycles. The zero-order chi connectivity index (χ0) is 26.5. The maximum atomic E-state index is 13.1. The maximum Gasteiger partial charge on any atom is 0.260 e. The zero-order valence-electron chi connectivity index (χ0n) is 21.6. The highest BCUT2D eigenvalue weighted by molar-refractivity contribution is 5.88. The Bertz CT molecular complexity index is 1440. The number of aryl methyl sites for hydroxylation is 1. The number of likely N-dealkylation sites (tertiary alicyclic amines) is 1. The Labute approximate surface area is 213 Å². The van der Waals surface area contributed by atoms with E-state index in [0.29, 0.717) is 31.0 Å². The van der Waals surface area contributed by atoms with Crippen molar-refractivity contribution < 1.29 is 13.5 Å². The number of imidazole rings is 1. The van der Waals surface area contributed by atoms with E-state index >= 15 is 0 Å². The molecule has 2 aliphatic rings. The quantitative estimate of drug-likeness (QED) is 0.425. The number of hydrogen-bond donors (Lipinski definition) is 2. The molecule has 198 valence electrons. The topological polar surface area (TPSA) is 125 Å². The summed E-state index contributed by atoms with van der Waals surface area (Å²) in [4.78, 5) is 15.3. The number of nitrogens with zero attached hydrogens (tertiary/aromatic N) is 7. The van der Waals surface area contributed by atoms with Crippen LogP contribution in [-0.2, 0) is 4.74 Å². The number of anilines is 2. The summed E-state index contributed by atoms with van der Waals surface area (Å²) in [5.74, 6) is -1.07. The largest absolute Gasteiger partial charge is 0.382 e. The summed E-state index contributed by atoms with van der Waals surface area (Å²) in [7, 11) is 0. The highest BCUT2D eigenvalue weighted by Crippen LogP contribution is 2.34. The lowest BCUT2D eigenvalue weighted by Crippen LogP contribution is -2.63. The van der Waals surface area contributed by atoms with Gasteiger partial charge in [0.05, 0.1) is 31.0 Å². The fourth-order valence-electron chi connectivity index (χ4n) is 5.14. The van der Waals surface area contributed by atoms with Gasteiger partial charge in [0.1, 0.15) is 16.9 Å². The van der Waals surface area contributed by atoms with Gasteiger partial charge in [-0.15, -0.1) is 5.10 Å². The molecule has 0 spiro atoms. The smallest absolute Gasteiger partial charge is 0.260 e. The predicted molar refractivity (Wildman–Crippen MR) is 138 cm³/mol. The molecule has 4 aromatic heterocycles. The van der Waals surface area contributed by atoms with E-state index in [1.807, 2.05) is 36.9 Å². The summed E-state index contributed by atoms with van der Waals surface area (Å²) >= 11 is 0. The van der Waals surface area contributed by atoms with Crippen LogP contribution >= 0.6 is 0 Å². The van der Waals surface area contributed by atoms with E-state index < -0.39 is 5.92 Å². The summed E-state index contributed by atoms with van der Waals surface area (Å²) in [5.41, 5.74) is 15.7. The summed E-state index contributed by atoms with van der Waals surface area (Å²) in [5, 5.41) is 4.15. The van der Waals surface area contributed by atoms with Crippen LogP contribution in [0.15, 0.2) is 24.4 Å². The molecule has 0 radical (unpaired) electrons. The van der Waals surface area contributed by atoms with Gasteiger partial charge in [0.25, 0.3) is 5.92 Å². The number of rotatable bonds is 3. The first-order valence-electron chi connectivity index (χ1n) is 12.4. The van der Waals surface area contributed by atoms with Gasteiger partial charge in [0.15, 0.2) is 11.5 Å². The number of pyridine rings is 1. The fourth-order valence-corrected chi connectivity index (χ4v) is 5.14. The lowest BCUT2D eigenvalue weighted by Gasteiger charge is -2.50. The van der Waals surface area contributed by atoms with E-state index in [2.05, 4.69) is 33.5 Å². The van der Waals surface area contributed by atoms with Crippen molar-refractivity contribution in [3.63, 3.8) is 0 Å². The predicted octanol–water partition coefficient (Wildman–Crippen LogP) is 3.70. The lowest BCUT2D eigenvalue weighted by atomic mass is 9.93. The number of aromatic nitrogens is 6. The van der Waals surface area contributed by atoms with Crippen LogP contribution < -0.4 is 11.5 Å². The standard InChI is InChI=1S/C16H18N8.C9H15F2NO/c1-8(2)24-9(3)19-12-5-4-11(20-15(12)24)10-6-7-23-13(10)14(17)21-16(18)22-23;1-8(6-13-7-8)12-4-2-3-9(10,11)5-12/h4-8H,1-3H3,(H4,17,18,21,22);2-7H2,1H3. The molecule has 0 unspecified atom stereocenters. The van der Waals surface area contributed by atoms with Gasteiger partial charge in [-0.25, -0.2) is 23.3 Å². The second-order valence-corrected chi connectivity index (χ2v) is 10.4. The second-order valence-electron chi connectivity index (χ2n) is 10.4. The zero-order valence-corrected chi connectivity index (χ0v) is 21.6. The van der Waals surface area contributed by atoms with Crippen molar-refractivity contribution in [2.45, 2.75) is 58.0 Å². The minimum Gasteiger partial charge on any atom is -0.382 e. The highest BCUT2D eigenvalue weighted by atomic mass is 19.3. The number of alkyl halides is 2. The molecular weight excluding hydrogens is 480 g/mol. The minimum atomic E-state index is -2.49. The summed E-state index contributed by atoms with van der Waals surface area (Å²) in [6.45, 7) is 10.1. The number of piperidine rings is 1. The van der Waals surface area contributed by atoms with Crippen LogP contribution in [0.25, 0.3) is 27.9 Å². The number of halogens is 2. The third-order valence-corrected chi connectivity index (χ3v) is 7.04. The molecule has 6 rings (SSSR count). The van der Waals surface area contributed by atoms with Crippen LogP contribution in [0, 0.1) is 6.92 Å². The molecule has 0 aliphatic carbocycles. The Morgan fingerprint density at radius 3 is 2.49 bits per heavy atom. The van der Waals surface area contributed by atoms with E-state index in [-0.39, 0.29) is 30.5 Å². The van der Waals surface area contributed by atoms with Gasteiger partial charge in [0.2, 0.25) is 5.95 Å². The van der Waals surface area contributed by atoms with Crippen molar-refractivity contribution in [3.8, 4) is 11.3 Å². The number of nitrogen functional groups attached to an aromatic ring is 2. The lowest BCUT2D eigenvalue weighted by molar-refractivity contribution is -0.171. The first kappa shape index (κ1) is 25.3. The Morgan fingerprint density at radius 1 is 1.08 bits per heavy atom. The number of nitrogens with two attached hydrogens (primary N) is 2. The third kappa shape index (κ3) is 4.71. The monoisotopic (exact) mass is 513 g/mol. The van der Waals surface area contributed by atoms with Crippen molar-refractivity contribution in [3.05, 3.63) is 30.2 Å². The molecule has 10 nitrogen and oxygen atoms in total. The van der Waals surface area contributed by atoms with Crippen molar-refractivity contribution >= 4 is 28.4 Å². The van der Waals surface area contributed by atoms with Crippen LogP contribution in [0.1, 0.15) is 45.5 Å². The van der Waals surface area contributed by atoms with Crippen LogP contribution in [-0.4, -0.2) is 71.8 Å². The van der Waals surface area contributed by atoms with Crippen molar-refractivity contribution in [2.24, 2.45) is 0 Å². The first-order chi connectivity index (χ1) is 17.5. The van der Waals surface area contributed by atoms with E-state index in [4.69, 9.17) is 21.2 Å². The van der Waals surface area contributed by atoms with Crippen LogP contribution in [0.5, 0.6) is 0 Å². The van der Waals surface area contributed by atoms with Gasteiger partial charge in [-0.05, 0) is 58.9 Å². The first-order valence-corrected chi connectivity index (χ1v) is 12.4. The maximum absolute atomic E-state index is 13.1. The molecule has 0 saturated carbocycles. The molecule has 2 fully saturated rings. The molecule has 2 saturated heterocycles. The molecular formula is C25H33F2N9O. The van der Waals surface area contributed by atoms with Crippen LogP contribution in [0.4, 0.5) is 20.5 Å². The van der Waals surface area contributed by atoms with E-state index in [9.17, 15) is 8.78 Å². The summed E-state index contributed by atoms with van der Waals surface area (Å²) in [6.07, 6.45) is 2.44. The van der Waals surface area contributed by atoms with Gasteiger partial charge >= 0.3 is 0 Å². The molecule has 12 heteroatoms. The fraction of sp³-hybridized carbons (Fsp3) is 0.520. The number of fused-ring (bicyclic) bond motifs is 2. The minimum absolute atomic E-state index is 0.0421. The van der Waals surface area contributed by atoms with E-state index in [1.165, 1.54) is 0 Å². The Hall–Kier alpha value is -3.38. The molecule has 4 aromatic rings. The number of ether oxygens (including phenoxy) is 1. The Morgan fingerprint density at radius 2 is 1.84 bits per heavy atom. The second kappa shape index (κ2) is 9.18. The number of hydrogen-bond acceptors (Lipinski definition) is 8.